The molecule has 4 nitrogen and oxygen atoms in total. The molecule has 0 aromatic heterocycles. The van der Waals surface area contributed by atoms with Crippen LogP contribution in [0.4, 0.5) is 0 Å². The summed E-state index contributed by atoms with van der Waals surface area (Å²) in [5.41, 5.74) is 3.33. The van der Waals surface area contributed by atoms with Crippen molar-refractivity contribution < 1.29 is 9.66 Å². The number of benzene rings is 1. The summed E-state index contributed by atoms with van der Waals surface area (Å²) >= 11 is 0. The first-order valence-corrected chi connectivity index (χ1v) is 7.72. The van der Waals surface area contributed by atoms with Gasteiger partial charge in [0.1, 0.15) is 5.75 Å². The Morgan fingerprint density at radius 1 is 1.41 bits per heavy atom. The molecule has 0 unspecified atom stereocenters. The minimum absolute atomic E-state index is 0.0116. The molecule has 1 aromatic rings. The minimum Gasteiger partial charge on any atom is -0.493 e. The molecular weight excluding hydrogens is 278 g/mol. The topological polar surface area (TPSA) is 52.4 Å². The number of hydrogen-bond acceptors (Lipinski definition) is 3. The van der Waals surface area contributed by atoms with Crippen LogP contribution in [-0.2, 0) is 5.41 Å². The van der Waals surface area contributed by atoms with E-state index in [0.717, 1.165) is 16.9 Å². The molecule has 0 amide bonds. The minimum atomic E-state index is -0.213. The molecule has 1 aliphatic rings. The van der Waals surface area contributed by atoms with E-state index in [4.69, 9.17) is 4.74 Å². The molecule has 0 saturated carbocycles. The zero-order valence-corrected chi connectivity index (χ0v) is 14.1. The Kier molecular flexibility index (Phi) is 4.59. The molecule has 2 atom stereocenters. The van der Waals surface area contributed by atoms with Crippen molar-refractivity contribution in [3.8, 4) is 5.75 Å². The van der Waals surface area contributed by atoms with E-state index >= 15 is 0 Å². The fourth-order valence-electron chi connectivity index (χ4n) is 2.96. The van der Waals surface area contributed by atoms with Gasteiger partial charge in [-0.3, -0.25) is 10.1 Å². The summed E-state index contributed by atoms with van der Waals surface area (Å²) in [4.78, 5) is 10.9. The van der Waals surface area contributed by atoms with Crippen molar-refractivity contribution in [1.29, 1.82) is 0 Å². The Bertz CT molecular complexity index is 595. The highest BCUT2D eigenvalue weighted by Crippen LogP contribution is 2.40. The van der Waals surface area contributed by atoms with Crippen LogP contribution >= 0.6 is 0 Å². The fourth-order valence-corrected chi connectivity index (χ4v) is 2.96. The van der Waals surface area contributed by atoms with Crippen LogP contribution in [0.1, 0.15) is 51.7 Å². The molecule has 1 heterocycles. The molecule has 120 valence electrons. The molecule has 0 bridgehead atoms. The predicted molar refractivity (Wildman–Crippen MR) is 88.2 cm³/mol. The standard InChI is InChI=1S/C18H25NO3/c1-12(2)8-13-11-22-17-7-6-14(18(3,4)5)9-15(17)16(13)10-19(20)21/h6-9,13,16H,10-11H2,1-5H3/t13-,16-/m1/s1. The third-order valence-corrected chi connectivity index (χ3v) is 4.12. The summed E-state index contributed by atoms with van der Waals surface area (Å²) in [5, 5.41) is 11.1. The lowest BCUT2D eigenvalue weighted by Gasteiger charge is -2.32. The van der Waals surface area contributed by atoms with Gasteiger partial charge < -0.3 is 4.74 Å². The van der Waals surface area contributed by atoms with E-state index in [9.17, 15) is 10.1 Å². The van der Waals surface area contributed by atoms with Crippen LogP contribution < -0.4 is 4.74 Å². The molecule has 2 rings (SSSR count). The van der Waals surface area contributed by atoms with E-state index in [1.165, 1.54) is 5.56 Å². The Morgan fingerprint density at radius 3 is 2.64 bits per heavy atom. The lowest BCUT2D eigenvalue weighted by atomic mass is 9.79. The van der Waals surface area contributed by atoms with Gasteiger partial charge in [-0.25, -0.2) is 0 Å². The van der Waals surface area contributed by atoms with E-state index in [0.29, 0.717) is 6.61 Å². The van der Waals surface area contributed by atoms with Crippen molar-refractivity contribution in [2.45, 2.75) is 46.0 Å². The van der Waals surface area contributed by atoms with Crippen LogP contribution in [0.2, 0.25) is 0 Å². The van der Waals surface area contributed by atoms with Gasteiger partial charge in [-0.05, 0) is 30.9 Å². The van der Waals surface area contributed by atoms with Crippen molar-refractivity contribution >= 4 is 0 Å². The van der Waals surface area contributed by atoms with Gasteiger partial charge >= 0.3 is 0 Å². The highest BCUT2D eigenvalue weighted by molar-refractivity contribution is 5.44. The number of ether oxygens (including phenoxy) is 1. The molecule has 1 aliphatic heterocycles. The normalized spacial score (nSPS) is 20.8. The lowest BCUT2D eigenvalue weighted by molar-refractivity contribution is -0.484. The Morgan fingerprint density at radius 2 is 2.09 bits per heavy atom. The molecule has 0 aliphatic carbocycles. The van der Waals surface area contributed by atoms with Crippen LogP contribution in [-0.4, -0.2) is 18.1 Å². The van der Waals surface area contributed by atoms with Crippen molar-refractivity contribution in [3.63, 3.8) is 0 Å². The number of nitrogens with zero attached hydrogens (tertiary/aromatic N) is 1. The Hall–Kier alpha value is -1.84. The van der Waals surface area contributed by atoms with Crippen LogP contribution in [0.25, 0.3) is 0 Å². The largest absolute Gasteiger partial charge is 0.493 e. The summed E-state index contributed by atoms with van der Waals surface area (Å²) in [5.74, 6) is 0.715. The van der Waals surface area contributed by atoms with Gasteiger partial charge in [0.15, 0.2) is 0 Å². The zero-order chi connectivity index (χ0) is 16.5. The van der Waals surface area contributed by atoms with E-state index in [-0.39, 0.29) is 28.7 Å². The van der Waals surface area contributed by atoms with Gasteiger partial charge in [-0.15, -0.1) is 0 Å². The first-order chi connectivity index (χ1) is 10.2. The Labute approximate surface area is 132 Å². The summed E-state index contributed by atoms with van der Waals surface area (Å²) in [7, 11) is 0. The van der Waals surface area contributed by atoms with E-state index in [2.05, 4.69) is 39.0 Å². The van der Waals surface area contributed by atoms with Crippen molar-refractivity contribution in [1.82, 2.24) is 0 Å². The number of rotatable bonds is 3. The average molecular weight is 303 g/mol. The molecule has 0 spiro atoms. The van der Waals surface area contributed by atoms with E-state index in [1.807, 2.05) is 19.9 Å². The van der Waals surface area contributed by atoms with Crippen LogP contribution in [0, 0.1) is 16.0 Å². The highest BCUT2D eigenvalue weighted by atomic mass is 16.6. The summed E-state index contributed by atoms with van der Waals surface area (Å²) < 4.78 is 5.85. The van der Waals surface area contributed by atoms with Crippen LogP contribution in [0.3, 0.4) is 0 Å². The summed E-state index contributed by atoms with van der Waals surface area (Å²) in [6.45, 7) is 10.9. The second-order valence-electron chi connectivity index (χ2n) is 7.34. The number of nitro groups is 1. The number of fused-ring (bicyclic) bond motifs is 1. The predicted octanol–water partition coefficient (Wildman–Crippen LogP) is 4.32. The second kappa shape index (κ2) is 6.11. The molecule has 0 N–H and O–H groups in total. The van der Waals surface area contributed by atoms with Gasteiger partial charge in [-0.2, -0.15) is 0 Å². The Balaban J connectivity index is 2.48. The first kappa shape index (κ1) is 16.5. The third kappa shape index (κ3) is 3.67. The molecule has 0 saturated heterocycles. The average Bonchev–Trinajstić information content (AvgIpc) is 2.39. The first-order valence-electron chi connectivity index (χ1n) is 7.72. The van der Waals surface area contributed by atoms with Crippen molar-refractivity contribution in [3.05, 3.63) is 51.1 Å². The molecule has 0 radical (unpaired) electrons. The number of hydrogen-bond donors (Lipinski definition) is 0. The molecule has 22 heavy (non-hydrogen) atoms. The van der Waals surface area contributed by atoms with Gasteiger partial charge in [0.25, 0.3) is 0 Å². The molecular formula is C18H25NO3. The van der Waals surface area contributed by atoms with Crippen molar-refractivity contribution in [2.75, 3.05) is 13.2 Å². The maximum atomic E-state index is 11.1. The molecule has 1 aromatic carbocycles. The molecule has 0 fully saturated rings. The van der Waals surface area contributed by atoms with Crippen LogP contribution in [0.15, 0.2) is 29.8 Å². The molecule has 4 heteroatoms. The summed E-state index contributed by atoms with van der Waals surface area (Å²) in [6.07, 6.45) is 2.10. The van der Waals surface area contributed by atoms with Gasteiger partial charge in [0.05, 0.1) is 12.5 Å². The van der Waals surface area contributed by atoms with Gasteiger partial charge in [0, 0.05) is 16.4 Å². The third-order valence-electron chi connectivity index (χ3n) is 4.12. The second-order valence-corrected chi connectivity index (χ2v) is 7.34. The fraction of sp³-hybridized carbons (Fsp3) is 0.556. The summed E-state index contributed by atoms with van der Waals surface area (Å²) in [6, 6.07) is 6.11. The van der Waals surface area contributed by atoms with Crippen molar-refractivity contribution in [2.24, 2.45) is 5.92 Å². The maximum Gasteiger partial charge on any atom is 0.211 e. The SMILES string of the molecule is CC(C)=C[C@@H]1COc2ccc(C(C)(C)C)cc2[C@@H]1C[N+](=O)[O-]. The highest BCUT2D eigenvalue weighted by Gasteiger charge is 2.34. The van der Waals surface area contributed by atoms with E-state index < -0.39 is 0 Å². The number of allylic oxidation sites excluding steroid dienone is 1. The van der Waals surface area contributed by atoms with Gasteiger partial charge in [-0.1, -0.05) is 44.6 Å². The van der Waals surface area contributed by atoms with Gasteiger partial charge in [0.2, 0.25) is 6.54 Å². The maximum absolute atomic E-state index is 11.1. The monoisotopic (exact) mass is 303 g/mol. The zero-order valence-electron chi connectivity index (χ0n) is 14.1. The van der Waals surface area contributed by atoms with E-state index in [1.54, 1.807) is 0 Å². The quantitative estimate of drug-likeness (QED) is 0.475. The lowest BCUT2D eigenvalue weighted by Crippen LogP contribution is -2.30. The van der Waals surface area contributed by atoms with Crippen LogP contribution in [0.5, 0.6) is 5.75 Å². The smallest absolute Gasteiger partial charge is 0.211 e.